The first-order valence-corrected chi connectivity index (χ1v) is 12.0. The molecule has 0 radical (unpaired) electrons. The van der Waals surface area contributed by atoms with Crippen LogP contribution in [0.1, 0.15) is 46.1 Å². The van der Waals surface area contributed by atoms with E-state index in [1.54, 1.807) is 44.8 Å². The van der Waals surface area contributed by atoms with E-state index in [-0.39, 0.29) is 11.9 Å². The van der Waals surface area contributed by atoms with E-state index >= 15 is 0 Å². The van der Waals surface area contributed by atoms with Crippen molar-refractivity contribution in [2.45, 2.75) is 32.7 Å². The lowest BCUT2D eigenvalue weighted by Gasteiger charge is -2.19. The number of carbonyl (C=O) groups excluding carboxylic acids is 1. The fourth-order valence-electron chi connectivity index (χ4n) is 5.31. The second-order valence-electron chi connectivity index (χ2n) is 9.01. The SMILES string of the molecule is COc1ccc2c(c1OC)CCC2n1c(/C=C/C(=O)Nc2cccnc2)c(C#N)c2c(C)cc(C)nc21. The Morgan fingerprint density at radius 2 is 2.08 bits per heavy atom. The van der Waals surface area contributed by atoms with Crippen LogP contribution in [0.5, 0.6) is 11.5 Å². The van der Waals surface area contributed by atoms with Crippen LogP contribution in [0.3, 0.4) is 0 Å². The van der Waals surface area contributed by atoms with Crippen LogP contribution in [0.25, 0.3) is 17.1 Å². The molecule has 37 heavy (non-hydrogen) atoms. The first-order chi connectivity index (χ1) is 18.0. The lowest BCUT2D eigenvalue weighted by Crippen LogP contribution is -2.12. The van der Waals surface area contributed by atoms with Gasteiger partial charge in [-0.15, -0.1) is 0 Å². The third-order valence-corrected chi connectivity index (χ3v) is 6.78. The first kappa shape index (κ1) is 24.1. The fourth-order valence-corrected chi connectivity index (χ4v) is 5.31. The highest BCUT2D eigenvalue weighted by Gasteiger charge is 2.32. The zero-order valence-corrected chi connectivity index (χ0v) is 21.2. The number of amides is 1. The van der Waals surface area contributed by atoms with Crippen molar-refractivity contribution in [1.82, 2.24) is 14.5 Å². The number of pyridine rings is 2. The highest BCUT2D eigenvalue weighted by molar-refractivity contribution is 6.03. The molecule has 0 saturated heterocycles. The number of hydrogen-bond acceptors (Lipinski definition) is 6. The highest BCUT2D eigenvalue weighted by atomic mass is 16.5. The number of methoxy groups -OCH3 is 2. The minimum Gasteiger partial charge on any atom is -0.493 e. The molecule has 0 aliphatic heterocycles. The summed E-state index contributed by atoms with van der Waals surface area (Å²) in [5.74, 6) is 1.11. The number of nitriles is 1. The molecule has 8 heteroatoms. The summed E-state index contributed by atoms with van der Waals surface area (Å²) in [4.78, 5) is 21.6. The molecule has 1 amide bonds. The maximum absolute atomic E-state index is 12.7. The van der Waals surface area contributed by atoms with Gasteiger partial charge in [0, 0.05) is 28.9 Å². The molecule has 4 aromatic rings. The van der Waals surface area contributed by atoms with Crippen molar-refractivity contribution < 1.29 is 14.3 Å². The molecule has 1 N–H and O–H groups in total. The van der Waals surface area contributed by atoms with Gasteiger partial charge in [0.25, 0.3) is 0 Å². The quantitative estimate of drug-likeness (QED) is 0.374. The predicted octanol–water partition coefficient (Wildman–Crippen LogP) is 5.12. The topological polar surface area (TPSA) is 102 Å². The summed E-state index contributed by atoms with van der Waals surface area (Å²) >= 11 is 0. The first-order valence-electron chi connectivity index (χ1n) is 12.0. The molecule has 1 atom stereocenters. The van der Waals surface area contributed by atoms with Crippen molar-refractivity contribution >= 4 is 28.7 Å². The summed E-state index contributed by atoms with van der Waals surface area (Å²) < 4.78 is 13.3. The molecule has 1 aliphatic carbocycles. The standard InChI is InChI=1S/C29H27N5O3/c1-17-14-18(2)32-29-27(17)22(15-30)24(10-12-26(35)33-19-6-5-13-31-16-19)34(29)23-9-7-21-20(23)8-11-25(36-3)28(21)37-4/h5-6,8,10-14,16,23H,7,9H2,1-4H3,(H,33,35)/b12-10+. The molecule has 8 nitrogen and oxygen atoms in total. The summed E-state index contributed by atoms with van der Waals surface area (Å²) in [5, 5.41) is 13.9. The van der Waals surface area contributed by atoms with Gasteiger partial charge in [0.1, 0.15) is 11.7 Å². The molecule has 0 saturated carbocycles. The van der Waals surface area contributed by atoms with Crippen molar-refractivity contribution in [1.29, 1.82) is 5.26 Å². The largest absolute Gasteiger partial charge is 0.493 e. The monoisotopic (exact) mass is 493 g/mol. The summed E-state index contributed by atoms with van der Waals surface area (Å²) in [6.07, 6.45) is 7.97. The zero-order chi connectivity index (χ0) is 26.1. The number of hydrogen-bond donors (Lipinski definition) is 1. The lowest BCUT2D eigenvalue weighted by molar-refractivity contribution is -0.111. The molecule has 0 fully saturated rings. The van der Waals surface area contributed by atoms with E-state index in [1.807, 2.05) is 26.0 Å². The third-order valence-electron chi connectivity index (χ3n) is 6.78. The van der Waals surface area contributed by atoms with Gasteiger partial charge in [0.05, 0.1) is 43.4 Å². The Morgan fingerprint density at radius 1 is 1.24 bits per heavy atom. The average Bonchev–Trinajstić information content (AvgIpc) is 3.45. The van der Waals surface area contributed by atoms with E-state index < -0.39 is 0 Å². The molecule has 1 unspecified atom stereocenters. The zero-order valence-electron chi connectivity index (χ0n) is 21.2. The number of benzene rings is 1. The van der Waals surface area contributed by atoms with Crippen LogP contribution in [0.15, 0.2) is 48.8 Å². The summed E-state index contributed by atoms with van der Waals surface area (Å²) in [5.41, 5.74) is 6.48. The van der Waals surface area contributed by atoms with Gasteiger partial charge in [-0.1, -0.05) is 6.07 Å². The molecule has 5 rings (SSSR count). The summed E-state index contributed by atoms with van der Waals surface area (Å²) in [6, 6.07) is 11.8. The van der Waals surface area contributed by atoms with Crippen LogP contribution in [0.4, 0.5) is 5.69 Å². The minimum atomic E-state index is -0.312. The predicted molar refractivity (Wildman–Crippen MR) is 142 cm³/mol. The number of nitrogens with zero attached hydrogens (tertiary/aromatic N) is 4. The Bertz CT molecular complexity index is 1580. The van der Waals surface area contributed by atoms with E-state index in [2.05, 4.69) is 27.0 Å². The van der Waals surface area contributed by atoms with Gasteiger partial charge in [-0.25, -0.2) is 4.98 Å². The summed E-state index contributed by atoms with van der Waals surface area (Å²) in [6.45, 7) is 3.93. The van der Waals surface area contributed by atoms with Gasteiger partial charge in [-0.3, -0.25) is 9.78 Å². The van der Waals surface area contributed by atoms with Crippen molar-refractivity contribution in [2.24, 2.45) is 0 Å². The van der Waals surface area contributed by atoms with Crippen molar-refractivity contribution in [3.05, 3.63) is 82.4 Å². The molecule has 3 aromatic heterocycles. The molecular weight excluding hydrogens is 466 g/mol. The molecule has 1 aliphatic rings. The second kappa shape index (κ2) is 9.78. The van der Waals surface area contributed by atoms with Gasteiger partial charge >= 0.3 is 0 Å². The normalized spacial score (nSPS) is 14.5. The van der Waals surface area contributed by atoms with Gasteiger partial charge in [0.15, 0.2) is 11.5 Å². The smallest absolute Gasteiger partial charge is 0.248 e. The van der Waals surface area contributed by atoms with E-state index in [9.17, 15) is 10.1 Å². The van der Waals surface area contributed by atoms with Gasteiger partial charge in [0.2, 0.25) is 5.91 Å². The molecular formula is C29H27N5O3. The Morgan fingerprint density at radius 3 is 2.78 bits per heavy atom. The number of fused-ring (bicyclic) bond motifs is 2. The maximum atomic E-state index is 12.7. The molecule has 1 aromatic carbocycles. The molecule has 186 valence electrons. The number of nitrogens with one attached hydrogen (secondary N) is 1. The number of ether oxygens (including phenoxy) is 2. The van der Waals surface area contributed by atoms with Crippen LogP contribution in [0.2, 0.25) is 0 Å². The second-order valence-corrected chi connectivity index (χ2v) is 9.01. The average molecular weight is 494 g/mol. The lowest BCUT2D eigenvalue weighted by atomic mass is 10.1. The maximum Gasteiger partial charge on any atom is 0.248 e. The number of anilines is 1. The number of aryl methyl sites for hydroxylation is 2. The summed E-state index contributed by atoms with van der Waals surface area (Å²) in [7, 11) is 3.28. The van der Waals surface area contributed by atoms with Crippen molar-refractivity contribution in [3.8, 4) is 17.6 Å². The van der Waals surface area contributed by atoms with Crippen LogP contribution in [-0.2, 0) is 11.2 Å². The minimum absolute atomic E-state index is 0.0888. The van der Waals surface area contributed by atoms with Crippen LogP contribution in [0, 0.1) is 25.2 Å². The van der Waals surface area contributed by atoms with Gasteiger partial charge in [-0.05, 0) is 68.2 Å². The third kappa shape index (κ3) is 4.19. The fraction of sp³-hybridized carbons (Fsp3) is 0.241. The Balaban J connectivity index is 1.68. The van der Waals surface area contributed by atoms with Crippen LogP contribution >= 0.6 is 0 Å². The Hall–Kier alpha value is -4.64. The van der Waals surface area contributed by atoms with Crippen LogP contribution < -0.4 is 14.8 Å². The highest BCUT2D eigenvalue weighted by Crippen LogP contribution is 2.46. The van der Waals surface area contributed by atoms with Gasteiger partial charge < -0.3 is 19.4 Å². The van der Waals surface area contributed by atoms with E-state index in [0.717, 1.165) is 52.0 Å². The van der Waals surface area contributed by atoms with E-state index in [0.29, 0.717) is 22.7 Å². The van der Waals surface area contributed by atoms with Crippen LogP contribution in [-0.4, -0.2) is 34.7 Å². The van der Waals surface area contributed by atoms with E-state index in [1.165, 1.54) is 6.08 Å². The van der Waals surface area contributed by atoms with Gasteiger partial charge in [-0.2, -0.15) is 5.26 Å². The van der Waals surface area contributed by atoms with Crippen molar-refractivity contribution in [2.75, 3.05) is 19.5 Å². The molecule has 0 bridgehead atoms. The molecule has 3 heterocycles. The van der Waals surface area contributed by atoms with E-state index in [4.69, 9.17) is 14.5 Å². The Kier molecular flexibility index (Phi) is 6.36. The number of aromatic nitrogens is 3. The van der Waals surface area contributed by atoms with Crippen molar-refractivity contribution in [3.63, 3.8) is 0 Å². The number of rotatable bonds is 6. The molecule has 0 spiro atoms. The Labute approximate surface area is 215 Å². The number of carbonyl (C=O) groups is 1.